The number of para-hydroxylation sites is 1. The largest absolute Gasteiger partial charge is 0.496 e. The molecule has 2 aromatic carbocycles. The van der Waals surface area contributed by atoms with Crippen LogP contribution in [0.3, 0.4) is 0 Å². The number of aliphatic hydroxyl groups excluding tert-OH is 1. The first kappa shape index (κ1) is 55.5. The lowest BCUT2D eigenvalue weighted by Gasteiger charge is -2.63. The van der Waals surface area contributed by atoms with Crippen LogP contribution in [-0.4, -0.2) is 191 Å². The molecule has 10 atom stereocenters. The summed E-state index contributed by atoms with van der Waals surface area (Å²) < 4.78 is 28.5. The maximum atomic E-state index is 15.7. The smallest absolute Gasteiger partial charge is 0.322 e. The summed E-state index contributed by atoms with van der Waals surface area (Å²) >= 11 is 0. The number of methoxy groups -OCH3 is 3. The Bertz CT molecular complexity index is 2760. The van der Waals surface area contributed by atoms with Gasteiger partial charge in [-0.1, -0.05) is 44.2 Å². The predicted octanol–water partition coefficient (Wildman–Crippen LogP) is 4.54. The number of hydrogen-bond donors (Lipinski definition) is 6. The normalized spacial score (nSPS) is 36.5. The van der Waals surface area contributed by atoms with E-state index in [4.69, 9.17) is 23.7 Å². The molecule has 12 rings (SSSR count). The SMILES string of the molecule is CC[C@]1(O)CC2CN(CCc3c([nH]c4ccccc34)[C@@](C(=O)OC)(c3cc4c(cc3OC)N(C)C3C45CCN4CC=C[C@](CC)(C45)[C@@H](O)[C@]3(O)C(=O)NCC34CCC(CNCC(=O)COCCOCCOC)(CC3)CC4)C2)C1. The van der Waals surface area contributed by atoms with Crippen molar-refractivity contribution in [1.82, 2.24) is 25.4 Å². The van der Waals surface area contributed by atoms with E-state index in [-0.39, 0.29) is 41.7 Å². The zero-order valence-corrected chi connectivity index (χ0v) is 47.1. The number of nitrogens with one attached hydrogen (secondary N) is 3. The number of Topliss-reactive ketones (excluding diaryl/α,β-unsaturated/α-hetero) is 1. The number of rotatable bonds is 20. The number of carbonyl (C=O) groups excluding carboxylic acids is 3. The number of H-pyrrole nitrogens is 1. The fourth-order valence-electron chi connectivity index (χ4n) is 17.4. The van der Waals surface area contributed by atoms with E-state index < -0.39 is 51.5 Å². The van der Waals surface area contributed by atoms with Crippen molar-refractivity contribution in [3.05, 3.63) is 70.9 Å². The Balaban J connectivity index is 0.925. The summed E-state index contributed by atoms with van der Waals surface area (Å²) in [5.74, 6) is -0.609. The lowest BCUT2D eigenvalue weighted by molar-refractivity contribution is -0.204. The minimum atomic E-state index is -2.27. The standard InChI is InChI=1S/C61H86N6O11/c1-7-57(72)32-40-33-60(54(71)76-6,49-43(14-24-66(35-40)39-57)42-12-9-10-13-46(42)64-49)45-30-44-47(31-48(45)75-5)65(3)51-59(44)22-25-67-23-11-15-58(8-2,50(59)67)52(69)61(51,73)53(70)63-38-56-19-16-55(17-20-56,18-21-56)37-62-34-41(68)36-78-29-28-77-27-26-74-4/h9-13,15,30-31,40,50-52,62,64,69,72-73H,7-8,14,16-29,32-39H2,1-6H3,(H,63,70)/t40?,50?,51?,52-,55?,56?,57+,58-,59?,60+,61+/m1/s1. The fourth-order valence-corrected chi connectivity index (χ4v) is 17.4. The maximum Gasteiger partial charge on any atom is 0.322 e. The van der Waals surface area contributed by atoms with E-state index in [0.717, 1.165) is 78.5 Å². The number of ketones is 1. The number of anilines is 1. The van der Waals surface area contributed by atoms with Crippen LogP contribution in [-0.2, 0) is 50.6 Å². The number of piperidine rings is 1. The molecule has 1 aromatic heterocycles. The third-order valence-corrected chi connectivity index (χ3v) is 21.3. The number of ether oxygens (including phenoxy) is 5. The molecule has 5 aliphatic heterocycles. The summed E-state index contributed by atoms with van der Waals surface area (Å²) in [6.45, 7) is 10.6. The Morgan fingerprint density at radius 1 is 0.846 bits per heavy atom. The van der Waals surface area contributed by atoms with Gasteiger partial charge in [-0.3, -0.25) is 24.2 Å². The van der Waals surface area contributed by atoms with E-state index in [0.29, 0.717) is 116 Å². The van der Waals surface area contributed by atoms with E-state index in [2.05, 4.69) is 62.7 Å². The Morgan fingerprint density at radius 2 is 1.58 bits per heavy atom. The van der Waals surface area contributed by atoms with E-state index in [1.54, 1.807) is 14.2 Å². The van der Waals surface area contributed by atoms with Crippen molar-refractivity contribution in [2.24, 2.45) is 22.2 Å². The molecule has 78 heavy (non-hydrogen) atoms. The van der Waals surface area contributed by atoms with Gasteiger partial charge in [-0.2, -0.15) is 0 Å². The first-order valence-corrected chi connectivity index (χ1v) is 29.1. The van der Waals surface area contributed by atoms with Crippen LogP contribution < -0.4 is 20.3 Å². The first-order valence-electron chi connectivity index (χ1n) is 29.1. The van der Waals surface area contributed by atoms with E-state index in [1.807, 2.05) is 37.1 Å². The van der Waals surface area contributed by atoms with Gasteiger partial charge in [0.15, 0.2) is 11.4 Å². The second-order valence-corrected chi connectivity index (χ2v) is 25.1. The number of fused-ring (bicyclic) bond motifs is 9. The van der Waals surface area contributed by atoms with Crippen LogP contribution in [0.2, 0.25) is 0 Å². The molecule has 1 spiro atoms. The van der Waals surface area contributed by atoms with E-state index >= 15 is 9.59 Å². The van der Waals surface area contributed by atoms with Crippen LogP contribution in [0.25, 0.3) is 10.9 Å². The lowest BCUT2D eigenvalue weighted by atomic mass is 9.47. The lowest BCUT2D eigenvalue weighted by Crippen LogP contribution is -2.82. The topological polar surface area (TPSA) is 208 Å². The van der Waals surface area contributed by atoms with Gasteiger partial charge in [-0.15, -0.1) is 0 Å². The predicted molar refractivity (Wildman–Crippen MR) is 296 cm³/mol. The molecule has 0 radical (unpaired) electrons. The number of amides is 1. The zero-order valence-electron chi connectivity index (χ0n) is 47.1. The Kier molecular flexibility index (Phi) is 15.0. The number of hydrogen-bond acceptors (Lipinski definition) is 15. The molecule has 9 aliphatic rings. The number of aromatic nitrogens is 1. The van der Waals surface area contributed by atoms with E-state index in [1.165, 1.54) is 7.11 Å². The summed E-state index contributed by atoms with van der Waals surface area (Å²) in [5.41, 5.74) is -1.57. The van der Waals surface area contributed by atoms with Gasteiger partial charge in [0.1, 0.15) is 23.9 Å². The fraction of sp³-hybridized carbons (Fsp3) is 0.689. The van der Waals surface area contributed by atoms with Gasteiger partial charge >= 0.3 is 5.97 Å². The average molecular weight is 1080 g/mol. The molecule has 6 N–H and O–H groups in total. The number of aromatic amines is 1. The molecule has 6 heterocycles. The molecule has 17 nitrogen and oxygen atoms in total. The molecule has 5 unspecified atom stereocenters. The Hall–Kier alpha value is -4.43. The average Bonchev–Trinajstić information content (AvgIpc) is 2.36. The van der Waals surface area contributed by atoms with Gasteiger partial charge in [-0.05, 0) is 124 Å². The van der Waals surface area contributed by atoms with E-state index in [9.17, 15) is 20.1 Å². The molecule has 4 aliphatic carbocycles. The molecular weight excluding hydrogens is 993 g/mol. The number of likely N-dealkylation sites (N-methyl/N-ethyl adjacent to an activating group) is 1. The first-order chi connectivity index (χ1) is 37.5. The van der Waals surface area contributed by atoms with Crippen LogP contribution in [0.15, 0.2) is 48.6 Å². The van der Waals surface area contributed by atoms with Gasteiger partial charge in [0.05, 0.1) is 58.8 Å². The highest BCUT2D eigenvalue weighted by Crippen LogP contribution is 2.68. The molecule has 17 heteroatoms. The highest BCUT2D eigenvalue weighted by Gasteiger charge is 2.79. The van der Waals surface area contributed by atoms with Crippen LogP contribution >= 0.6 is 0 Å². The molecule has 426 valence electrons. The molecule has 4 bridgehead atoms. The number of benzene rings is 2. The highest BCUT2D eigenvalue weighted by molar-refractivity contribution is 5.95. The summed E-state index contributed by atoms with van der Waals surface area (Å²) in [6, 6.07) is 11.2. The van der Waals surface area contributed by atoms with Crippen LogP contribution in [0.1, 0.15) is 107 Å². The van der Waals surface area contributed by atoms with Gasteiger partial charge in [-0.25, -0.2) is 0 Å². The van der Waals surface area contributed by atoms with Crippen molar-refractivity contribution in [1.29, 1.82) is 0 Å². The molecular formula is C61H86N6O11. The van der Waals surface area contributed by atoms with Gasteiger partial charge in [0.2, 0.25) is 0 Å². The van der Waals surface area contributed by atoms with Crippen molar-refractivity contribution in [2.45, 2.75) is 131 Å². The summed E-state index contributed by atoms with van der Waals surface area (Å²) in [4.78, 5) is 54.6. The third-order valence-electron chi connectivity index (χ3n) is 21.3. The molecule has 6 fully saturated rings. The number of carbonyl (C=O) groups is 3. The minimum Gasteiger partial charge on any atom is -0.496 e. The molecule has 3 aromatic rings. The third kappa shape index (κ3) is 8.69. The number of aliphatic hydroxyl groups is 3. The Labute approximate surface area is 460 Å². The number of nitrogens with zero attached hydrogens (tertiary/aromatic N) is 3. The van der Waals surface area contributed by atoms with Crippen molar-refractivity contribution in [3.63, 3.8) is 0 Å². The summed E-state index contributed by atoms with van der Waals surface area (Å²) in [6.07, 6.45) is 11.5. The maximum absolute atomic E-state index is 15.7. The highest BCUT2D eigenvalue weighted by atomic mass is 16.5. The van der Waals surface area contributed by atoms with Crippen LogP contribution in [0.4, 0.5) is 5.69 Å². The van der Waals surface area contributed by atoms with Crippen LogP contribution in [0.5, 0.6) is 5.75 Å². The monoisotopic (exact) mass is 1080 g/mol. The van der Waals surface area contributed by atoms with Gasteiger partial charge < -0.3 is 59.5 Å². The molecule has 1 amide bonds. The summed E-state index contributed by atoms with van der Waals surface area (Å²) in [7, 11) is 6.65. The van der Waals surface area contributed by atoms with Crippen molar-refractivity contribution in [2.75, 3.05) is 119 Å². The second-order valence-electron chi connectivity index (χ2n) is 25.1. The minimum absolute atomic E-state index is 0.00341. The summed E-state index contributed by atoms with van der Waals surface area (Å²) in [5, 5.41) is 47.1. The van der Waals surface area contributed by atoms with Crippen LogP contribution in [0, 0.1) is 22.2 Å². The van der Waals surface area contributed by atoms with Gasteiger partial charge in [0, 0.05) is 104 Å². The zero-order chi connectivity index (χ0) is 54.9. The molecule has 4 saturated carbocycles. The van der Waals surface area contributed by atoms with Crippen molar-refractivity contribution < 1.29 is 53.4 Å². The van der Waals surface area contributed by atoms with Gasteiger partial charge in [0.25, 0.3) is 5.91 Å². The molecule has 2 saturated heterocycles. The van der Waals surface area contributed by atoms with Crippen molar-refractivity contribution in [3.8, 4) is 5.75 Å². The Morgan fingerprint density at radius 3 is 2.29 bits per heavy atom. The number of esters is 1. The quantitative estimate of drug-likeness (QED) is 0.0522. The van der Waals surface area contributed by atoms with Crippen molar-refractivity contribution >= 4 is 34.3 Å². The second kappa shape index (κ2) is 21.2.